The minimum absolute atomic E-state index is 0.625. The van der Waals surface area contributed by atoms with Crippen LogP contribution in [-0.4, -0.2) is 31.0 Å². The molecule has 100 valence electrons. The molecule has 2 aromatic rings. The third kappa shape index (κ3) is 2.49. The van der Waals surface area contributed by atoms with Crippen LogP contribution >= 0.6 is 0 Å². The van der Waals surface area contributed by atoms with Crippen molar-refractivity contribution in [3.05, 3.63) is 29.8 Å². The highest BCUT2D eigenvalue weighted by atomic mass is 16.5. The van der Waals surface area contributed by atoms with Crippen LogP contribution in [0, 0.1) is 5.92 Å². The number of nitrogens with one attached hydrogen (secondary N) is 2. The zero-order valence-electron chi connectivity index (χ0n) is 10.8. The van der Waals surface area contributed by atoms with Crippen molar-refractivity contribution < 1.29 is 9.53 Å². The lowest BCUT2D eigenvalue weighted by atomic mass is 10.0. The largest absolute Gasteiger partial charge is 0.381 e. The molecule has 0 radical (unpaired) electrons. The van der Waals surface area contributed by atoms with Gasteiger partial charge in [-0.25, -0.2) is 0 Å². The van der Waals surface area contributed by atoms with Crippen molar-refractivity contribution in [2.24, 2.45) is 5.92 Å². The van der Waals surface area contributed by atoms with E-state index >= 15 is 0 Å². The zero-order chi connectivity index (χ0) is 13.1. The molecular formula is C15H18N2O2. The van der Waals surface area contributed by atoms with E-state index < -0.39 is 0 Å². The van der Waals surface area contributed by atoms with Gasteiger partial charge in [0.2, 0.25) is 0 Å². The fraction of sp³-hybridized carbons (Fsp3) is 0.400. The van der Waals surface area contributed by atoms with Gasteiger partial charge in [-0.1, -0.05) is 18.2 Å². The molecule has 2 N–H and O–H groups in total. The van der Waals surface area contributed by atoms with Crippen LogP contribution in [0.1, 0.15) is 23.2 Å². The molecule has 0 unspecified atom stereocenters. The number of rotatable bonds is 4. The zero-order valence-corrected chi connectivity index (χ0v) is 10.8. The van der Waals surface area contributed by atoms with Crippen molar-refractivity contribution in [1.29, 1.82) is 0 Å². The van der Waals surface area contributed by atoms with Gasteiger partial charge in [0.1, 0.15) is 5.82 Å². The number of H-pyrrole nitrogens is 1. The SMILES string of the molecule is O=Cc1c(NCC2CCOCC2)[nH]c2ccccc12. The molecular weight excluding hydrogens is 240 g/mol. The summed E-state index contributed by atoms with van der Waals surface area (Å²) in [5, 5.41) is 4.36. The van der Waals surface area contributed by atoms with E-state index in [1.807, 2.05) is 24.3 Å². The number of aromatic amines is 1. The first-order chi connectivity index (χ1) is 9.38. The number of carbonyl (C=O) groups excluding carboxylic acids is 1. The monoisotopic (exact) mass is 258 g/mol. The number of benzene rings is 1. The minimum Gasteiger partial charge on any atom is -0.381 e. The highest BCUT2D eigenvalue weighted by molar-refractivity contribution is 6.03. The summed E-state index contributed by atoms with van der Waals surface area (Å²) in [6.07, 6.45) is 3.10. The Morgan fingerprint density at radius 1 is 1.32 bits per heavy atom. The molecule has 3 rings (SSSR count). The van der Waals surface area contributed by atoms with Gasteiger partial charge in [0, 0.05) is 30.7 Å². The van der Waals surface area contributed by atoms with Crippen molar-refractivity contribution in [1.82, 2.24) is 4.98 Å². The van der Waals surface area contributed by atoms with Crippen molar-refractivity contribution in [3.63, 3.8) is 0 Å². The molecule has 0 bridgehead atoms. The van der Waals surface area contributed by atoms with E-state index in [2.05, 4.69) is 10.3 Å². The lowest BCUT2D eigenvalue weighted by Crippen LogP contribution is -2.23. The number of hydrogen-bond acceptors (Lipinski definition) is 3. The van der Waals surface area contributed by atoms with Gasteiger partial charge >= 0.3 is 0 Å². The molecule has 1 fully saturated rings. The van der Waals surface area contributed by atoms with Gasteiger partial charge in [0.25, 0.3) is 0 Å². The molecule has 1 aliphatic heterocycles. The van der Waals surface area contributed by atoms with Gasteiger partial charge < -0.3 is 15.0 Å². The van der Waals surface area contributed by atoms with Crippen molar-refractivity contribution in [2.75, 3.05) is 25.1 Å². The van der Waals surface area contributed by atoms with E-state index in [-0.39, 0.29) is 0 Å². The molecule has 4 nitrogen and oxygen atoms in total. The fourth-order valence-corrected chi connectivity index (χ4v) is 2.62. The predicted octanol–water partition coefficient (Wildman–Crippen LogP) is 2.82. The van der Waals surface area contributed by atoms with Crippen LogP contribution in [0.4, 0.5) is 5.82 Å². The number of hydrogen-bond donors (Lipinski definition) is 2. The third-order valence-corrected chi connectivity index (χ3v) is 3.77. The van der Waals surface area contributed by atoms with Crippen LogP contribution in [0.5, 0.6) is 0 Å². The summed E-state index contributed by atoms with van der Waals surface area (Å²) in [7, 11) is 0. The van der Waals surface area contributed by atoms with Gasteiger partial charge in [-0.05, 0) is 24.8 Å². The maximum absolute atomic E-state index is 11.3. The van der Waals surface area contributed by atoms with Crippen LogP contribution < -0.4 is 5.32 Å². The van der Waals surface area contributed by atoms with E-state index in [1.54, 1.807) is 0 Å². The van der Waals surface area contributed by atoms with Crippen molar-refractivity contribution in [2.45, 2.75) is 12.8 Å². The van der Waals surface area contributed by atoms with E-state index in [9.17, 15) is 4.79 Å². The summed E-state index contributed by atoms with van der Waals surface area (Å²) < 4.78 is 5.35. The number of carbonyl (C=O) groups is 1. The number of ether oxygens (including phenoxy) is 1. The average molecular weight is 258 g/mol. The molecule has 2 heterocycles. The van der Waals surface area contributed by atoms with Crippen LogP contribution in [-0.2, 0) is 4.74 Å². The maximum Gasteiger partial charge on any atom is 0.154 e. The van der Waals surface area contributed by atoms with Gasteiger partial charge in [-0.2, -0.15) is 0 Å². The molecule has 1 aromatic carbocycles. The predicted molar refractivity (Wildman–Crippen MR) is 75.7 cm³/mol. The van der Waals surface area contributed by atoms with E-state index in [1.165, 1.54) is 0 Å². The van der Waals surface area contributed by atoms with Gasteiger partial charge in [-0.15, -0.1) is 0 Å². The molecule has 0 aliphatic carbocycles. The standard InChI is InChI=1S/C15H18N2O2/c18-10-13-12-3-1-2-4-14(12)17-15(13)16-9-11-5-7-19-8-6-11/h1-4,10-11,16-17H,5-9H2. The summed E-state index contributed by atoms with van der Waals surface area (Å²) in [5.74, 6) is 1.46. The van der Waals surface area contributed by atoms with Crippen LogP contribution in [0.15, 0.2) is 24.3 Å². The normalized spacial score (nSPS) is 16.6. The first-order valence-electron chi connectivity index (χ1n) is 6.76. The first kappa shape index (κ1) is 12.2. The second kappa shape index (κ2) is 5.45. The lowest BCUT2D eigenvalue weighted by molar-refractivity contribution is 0.0699. The molecule has 0 saturated carbocycles. The summed E-state index contributed by atoms with van der Waals surface area (Å²) in [4.78, 5) is 14.6. The summed E-state index contributed by atoms with van der Waals surface area (Å²) >= 11 is 0. The van der Waals surface area contributed by atoms with Crippen molar-refractivity contribution >= 4 is 23.0 Å². The molecule has 1 aliphatic rings. The molecule has 0 spiro atoms. The molecule has 1 saturated heterocycles. The Morgan fingerprint density at radius 2 is 2.11 bits per heavy atom. The molecule has 4 heteroatoms. The van der Waals surface area contributed by atoms with Gasteiger partial charge in [0.15, 0.2) is 6.29 Å². The highest BCUT2D eigenvalue weighted by Crippen LogP contribution is 2.25. The quantitative estimate of drug-likeness (QED) is 0.829. The lowest BCUT2D eigenvalue weighted by Gasteiger charge is -2.22. The Labute approximate surface area is 112 Å². The van der Waals surface area contributed by atoms with Crippen molar-refractivity contribution in [3.8, 4) is 0 Å². The second-order valence-corrected chi connectivity index (χ2v) is 5.01. The van der Waals surface area contributed by atoms with E-state index in [4.69, 9.17) is 4.74 Å². The van der Waals surface area contributed by atoms with E-state index in [0.717, 1.165) is 61.2 Å². The Balaban J connectivity index is 1.78. The Bertz CT molecular complexity index is 571. The Morgan fingerprint density at radius 3 is 2.89 bits per heavy atom. The number of anilines is 1. The topological polar surface area (TPSA) is 54.1 Å². The van der Waals surface area contributed by atoms with Crippen LogP contribution in [0.25, 0.3) is 10.9 Å². The first-order valence-corrected chi connectivity index (χ1v) is 6.76. The van der Waals surface area contributed by atoms with Crippen LogP contribution in [0.2, 0.25) is 0 Å². The number of aldehydes is 1. The molecule has 19 heavy (non-hydrogen) atoms. The molecule has 0 amide bonds. The minimum atomic E-state index is 0.625. The smallest absolute Gasteiger partial charge is 0.154 e. The average Bonchev–Trinajstić information content (AvgIpc) is 2.83. The maximum atomic E-state index is 11.3. The Kier molecular flexibility index (Phi) is 3.51. The van der Waals surface area contributed by atoms with Gasteiger partial charge in [-0.3, -0.25) is 4.79 Å². The highest BCUT2D eigenvalue weighted by Gasteiger charge is 2.15. The third-order valence-electron chi connectivity index (χ3n) is 3.77. The Hall–Kier alpha value is -1.81. The molecule has 1 aromatic heterocycles. The second-order valence-electron chi connectivity index (χ2n) is 5.01. The number of fused-ring (bicyclic) bond motifs is 1. The fourth-order valence-electron chi connectivity index (χ4n) is 2.62. The van der Waals surface area contributed by atoms with Gasteiger partial charge in [0.05, 0.1) is 5.56 Å². The molecule has 0 atom stereocenters. The summed E-state index contributed by atoms with van der Waals surface area (Å²) in [6, 6.07) is 7.87. The van der Waals surface area contributed by atoms with E-state index in [0.29, 0.717) is 5.92 Å². The number of para-hydroxylation sites is 1. The summed E-state index contributed by atoms with van der Waals surface area (Å²) in [6.45, 7) is 2.58. The van der Waals surface area contributed by atoms with Crippen LogP contribution in [0.3, 0.4) is 0 Å². The number of aromatic nitrogens is 1. The summed E-state index contributed by atoms with van der Waals surface area (Å²) in [5.41, 5.74) is 1.72.